The van der Waals surface area contributed by atoms with E-state index < -0.39 is 5.97 Å². The third-order valence-electron chi connectivity index (χ3n) is 5.14. The highest BCUT2D eigenvalue weighted by atomic mass is 16.4. The molecule has 2 fully saturated rings. The van der Waals surface area contributed by atoms with Gasteiger partial charge in [-0.05, 0) is 56.8 Å². The Bertz CT molecular complexity index is 386. The van der Waals surface area contributed by atoms with Crippen molar-refractivity contribution in [1.29, 1.82) is 0 Å². The minimum Gasteiger partial charge on any atom is -0.481 e. The second kappa shape index (κ2) is 7.14. The zero-order valence-corrected chi connectivity index (χ0v) is 13.2. The largest absolute Gasteiger partial charge is 0.481 e. The van der Waals surface area contributed by atoms with Gasteiger partial charge in [-0.3, -0.25) is 4.79 Å². The summed E-state index contributed by atoms with van der Waals surface area (Å²) in [5.74, 6) is 1.65. The van der Waals surface area contributed by atoms with Gasteiger partial charge in [0.1, 0.15) is 0 Å². The summed E-state index contributed by atoms with van der Waals surface area (Å²) in [6.45, 7) is 2.79. The number of aliphatic carboxylic acids is 1. The highest BCUT2D eigenvalue weighted by Gasteiger charge is 2.40. The van der Waals surface area contributed by atoms with Crippen LogP contribution in [0.4, 0.5) is 4.79 Å². The molecule has 2 rings (SSSR count). The highest BCUT2D eigenvalue weighted by molar-refractivity contribution is 5.74. The fourth-order valence-electron chi connectivity index (χ4n) is 3.99. The van der Waals surface area contributed by atoms with E-state index in [4.69, 9.17) is 5.11 Å². The predicted molar refractivity (Wildman–Crippen MR) is 81.0 cm³/mol. The molecule has 0 aromatic heterocycles. The Labute approximate surface area is 127 Å². The molecule has 5 nitrogen and oxygen atoms in total. The average Bonchev–Trinajstić information content (AvgIpc) is 3.00. The van der Waals surface area contributed by atoms with Gasteiger partial charge in [-0.25, -0.2) is 4.79 Å². The van der Waals surface area contributed by atoms with Gasteiger partial charge in [-0.1, -0.05) is 6.42 Å². The van der Waals surface area contributed by atoms with Crippen LogP contribution in [-0.4, -0.2) is 41.6 Å². The lowest BCUT2D eigenvalue weighted by Crippen LogP contribution is -2.44. The monoisotopic (exact) mass is 296 g/mol. The second-order valence-corrected chi connectivity index (χ2v) is 6.95. The van der Waals surface area contributed by atoms with Crippen LogP contribution in [0.2, 0.25) is 0 Å². The number of carbonyl (C=O) groups excluding carboxylic acids is 1. The summed E-state index contributed by atoms with van der Waals surface area (Å²) in [7, 11) is 1.87. The number of nitrogens with zero attached hydrogens (tertiary/aromatic N) is 1. The number of hydrogen-bond acceptors (Lipinski definition) is 2. The smallest absolute Gasteiger partial charge is 0.317 e. The Kier molecular flexibility index (Phi) is 5.48. The van der Waals surface area contributed by atoms with E-state index in [9.17, 15) is 9.59 Å². The predicted octanol–water partition coefficient (Wildman–Crippen LogP) is 2.71. The van der Waals surface area contributed by atoms with Crippen LogP contribution in [0.15, 0.2) is 0 Å². The van der Waals surface area contributed by atoms with Crippen molar-refractivity contribution in [2.75, 3.05) is 13.6 Å². The third-order valence-corrected chi connectivity index (χ3v) is 5.14. The average molecular weight is 296 g/mol. The molecule has 0 aromatic carbocycles. The fourth-order valence-corrected chi connectivity index (χ4v) is 3.99. The maximum atomic E-state index is 12.1. The molecular formula is C16H28N2O3. The molecule has 120 valence electrons. The highest BCUT2D eigenvalue weighted by Crippen LogP contribution is 2.48. The molecule has 0 aliphatic heterocycles. The van der Waals surface area contributed by atoms with Crippen LogP contribution in [0.25, 0.3) is 0 Å². The van der Waals surface area contributed by atoms with Crippen LogP contribution in [0.5, 0.6) is 0 Å². The molecular weight excluding hydrogens is 268 g/mol. The van der Waals surface area contributed by atoms with E-state index in [1.165, 1.54) is 25.7 Å². The summed E-state index contributed by atoms with van der Waals surface area (Å²) in [5.41, 5.74) is 0. The van der Waals surface area contributed by atoms with Crippen LogP contribution in [0, 0.1) is 17.8 Å². The summed E-state index contributed by atoms with van der Waals surface area (Å²) >= 11 is 0. The van der Waals surface area contributed by atoms with E-state index in [-0.39, 0.29) is 18.5 Å². The molecule has 2 aliphatic carbocycles. The summed E-state index contributed by atoms with van der Waals surface area (Å²) in [6.07, 6.45) is 6.87. The Morgan fingerprint density at radius 1 is 1.33 bits per heavy atom. The minimum absolute atomic E-state index is 0.0272. The lowest BCUT2D eigenvalue weighted by molar-refractivity contribution is -0.137. The Morgan fingerprint density at radius 3 is 2.67 bits per heavy atom. The number of rotatable bonds is 7. The van der Waals surface area contributed by atoms with Gasteiger partial charge < -0.3 is 15.3 Å². The molecule has 2 saturated carbocycles. The van der Waals surface area contributed by atoms with Crippen LogP contribution in [0.1, 0.15) is 51.9 Å². The zero-order chi connectivity index (χ0) is 15.4. The van der Waals surface area contributed by atoms with Crippen LogP contribution >= 0.6 is 0 Å². The van der Waals surface area contributed by atoms with Gasteiger partial charge in [0, 0.05) is 26.1 Å². The van der Waals surface area contributed by atoms with E-state index >= 15 is 0 Å². The number of nitrogens with one attached hydrogen (secondary N) is 1. The number of urea groups is 1. The van der Waals surface area contributed by atoms with Crippen LogP contribution < -0.4 is 5.32 Å². The number of amides is 2. The van der Waals surface area contributed by atoms with Crippen molar-refractivity contribution in [1.82, 2.24) is 10.2 Å². The van der Waals surface area contributed by atoms with E-state index in [1.807, 2.05) is 14.0 Å². The number of hydrogen-bond donors (Lipinski definition) is 2. The molecule has 2 aliphatic rings. The van der Waals surface area contributed by atoms with Crippen molar-refractivity contribution in [2.45, 2.75) is 57.9 Å². The van der Waals surface area contributed by atoms with Gasteiger partial charge in [0.15, 0.2) is 0 Å². The van der Waals surface area contributed by atoms with E-state index in [2.05, 4.69) is 5.32 Å². The van der Waals surface area contributed by atoms with Crippen molar-refractivity contribution in [3.8, 4) is 0 Å². The van der Waals surface area contributed by atoms with Crippen molar-refractivity contribution in [3.05, 3.63) is 0 Å². The van der Waals surface area contributed by atoms with Gasteiger partial charge in [-0.2, -0.15) is 0 Å². The minimum atomic E-state index is -0.776. The van der Waals surface area contributed by atoms with Crippen LogP contribution in [-0.2, 0) is 4.79 Å². The summed E-state index contributed by atoms with van der Waals surface area (Å²) < 4.78 is 0. The van der Waals surface area contributed by atoms with E-state index in [0.29, 0.717) is 18.8 Å². The Balaban J connectivity index is 1.66. The molecule has 2 bridgehead atoms. The first-order valence-electron chi connectivity index (χ1n) is 8.19. The zero-order valence-electron chi connectivity index (χ0n) is 13.2. The van der Waals surface area contributed by atoms with Gasteiger partial charge >= 0.3 is 12.0 Å². The lowest BCUT2D eigenvalue weighted by atomic mass is 9.88. The Hall–Kier alpha value is -1.26. The maximum Gasteiger partial charge on any atom is 0.317 e. The number of carboxylic acids is 1. The topological polar surface area (TPSA) is 69.6 Å². The molecule has 2 N–H and O–H groups in total. The summed E-state index contributed by atoms with van der Waals surface area (Å²) in [5, 5.41) is 11.6. The quantitative estimate of drug-likeness (QED) is 0.759. The fraction of sp³-hybridized carbons (Fsp3) is 0.875. The van der Waals surface area contributed by atoms with Crippen molar-refractivity contribution in [3.63, 3.8) is 0 Å². The van der Waals surface area contributed by atoms with E-state index in [0.717, 1.165) is 18.4 Å². The lowest BCUT2D eigenvalue weighted by Gasteiger charge is -2.28. The van der Waals surface area contributed by atoms with Gasteiger partial charge in [-0.15, -0.1) is 0 Å². The van der Waals surface area contributed by atoms with Crippen molar-refractivity contribution < 1.29 is 14.7 Å². The first kappa shape index (κ1) is 16.1. The first-order valence-corrected chi connectivity index (χ1v) is 8.19. The number of fused-ring (bicyclic) bond motifs is 2. The SMILES string of the molecule is CC(CCCC(=O)O)NC(=O)N(C)CC1CC2CCC1C2. The van der Waals surface area contributed by atoms with Crippen LogP contribution in [0.3, 0.4) is 0 Å². The number of carboxylic acid groups (broad SMARTS) is 1. The molecule has 2 amide bonds. The first-order chi connectivity index (χ1) is 9.95. The van der Waals surface area contributed by atoms with Gasteiger partial charge in [0.05, 0.1) is 0 Å². The second-order valence-electron chi connectivity index (χ2n) is 6.95. The van der Waals surface area contributed by atoms with Crippen molar-refractivity contribution in [2.24, 2.45) is 17.8 Å². The van der Waals surface area contributed by atoms with E-state index in [1.54, 1.807) is 4.90 Å². The number of carbonyl (C=O) groups is 2. The normalized spacial score (nSPS) is 28.4. The molecule has 4 atom stereocenters. The molecule has 0 radical (unpaired) electrons. The standard InChI is InChI=1S/C16H28N2O3/c1-11(4-3-5-15(19)20)17-16(21)18(2)10-14-9-12-6-7-13(14)8-12/h11-14H,3-10H2,1-2H3,(H,17,21)(H,19,20). The van der Waals surface area contributed by atoms with Crippen molar-refractivity contribution >= 4 is 12.0 Å². The molecule has 0 spiro atoms. The van der Waals surface area contributed by atoms with Gasteiger partial charge in [0.2, 0.25) is 0 Å². The molecule has 0 saturated heterocycles. The maximum absolute atomic E-state index is 12.1. The Morgan fingerprint density at radius 2 is 2.10 bits per heavy atom. The molecule has 21 heavy (non-hydrogen) atoms. The summed E-state index contributed by atoms with van der Waals surface area (Å²) in [6, 6.07) is -0.0000669. The summed E-state index contributed by atoms with van der Waals surface area (Å²) in [4.78, 5) is 24.4. The third kappa shape index (κ3) is 4.61. The molecule has 4 unspecified atom stereocenters. The molecule has 5 heteroatoms. The molecule has 0 aromatic rings. The molecule has 0 heterocycles. The van der Waals surface area contributed by atoms with Gasteiger partial charge in [0.25, 0.3) is 0 Å².